The average Bonchev–Trinajstić information content (AvgIpc) is 2.62. The molecule has 1 atom stereocenters. The van der Waals surface area contributed by atoms with Crippen molar-refractivity contribution in [3.63, 3.8) is 0 Å². The summed E-state index contributed by atoms with van der Waals surface area (Å²) in [5.41, 5.74) is 0. The van der Waals surface area contributed by atoms with Gasteiger partial charge in [-0.05, 0) is 43.9 Å². The standard InChI is InChI=1S/C18H30N2O3S/c1-3-16(15-23-2)9-12-19-17-10-13-20(14-11-17)24(21,22)18-7-5-4-6-8-18/h4-8,16-17,19H,3,9-15H2,1-2H3/t16-/m0/s1. The molecule has 136 valence electrons. The minimum absolute atomic E-state index is 0.391. The summed E-state index contributed by atoms with van der Waals surface area (Å²) >= 11 is 0. The van der Waals surface area contributed by atoms with Crippen LogP contribution in [-0.4, -0.2) is 52.1 Å². The third-order valence-corrected chi connectivity index (χ3v) is 6.71. The first-order valence-corrected chi connectivity index (χ1v) is 10.3. The maximum Gasteiger partial charge on any atom is 0.243 e. The fraction of sp³-hybridized carbons (Fsp3) is 0.667. The highest BCUT2D eigenvalue weighted by molar-refractivity contribution is 7.89. The maximum atomic E-state index is 12.6. The van der Waals surface area contributed by atoms with E-state index in [0.717, 1.165) is 38.8 Å². The number of hydrogen-bond donors (Lipinski definition) is 1. The van der Waals surface area contributed by atoms with E-state index in [-0.39, 0.29) is 0 Å². The third kappa shape index (κ3) is 5.28. The van der Waals surface area contributed by atoms with Gasteiger partial charge in [-0.3, -0.25) is 0 Å². The van der Waals surface area contributed by atoms with Gasteiger partial charge in [-0.15, -0.1) is 0 Å². The van der Waals surface area contributed by atoms with Crippen molar-refractivity contribution in [2.45, 2.75) is 43.5 Å². The third-order valence-electron chi connectivity index (χ3n) is 4.80. The fourth-order valence-electron chi connectivity index (χ4n) is 3.17. The molecule has 0 amide bonds. The van der Waals surface area contributed by atoms with Gasteiger partial charge in [0.05, 0.1) is 4.90 Å². The lowest BCUT2D eigenvalue weighted by molar-refractivity contribution is 0.144. The number of sulfonamides is 1. The van der Waals surface area contributed by atoms with Gasteiger partial charge in [0.25, 0.3) is 0 Å². The number of nitrogens with zero attached hydrogens (tertiary/aromatic N) is 1. The van der Waals surface area contributed by atoms with Crippen LogP contribution in [0.25, 0.3) is 0 Å². The Morgan fingerprint density at radius 2 is 1.92 bits per heavy atom. The van der Waals surface area contributed by atoms with E-state index in [1.165, 1.54) is 0 Å². The predicted octanol–water partition coefficient (Wildman–Crippen LogP) is 2.49. The highest BCUT2D eigenvalue weighted by Gasteiger charge is 2.28. The van der Waals surface area contributed by atoms with Gasteiger partial charge in [-0.25, -0.2) is 8.42 Å². The topological polar surface area (TPSA) is 58.6 Å². The Hall–Kier alpha value is -0.950. The average molecular weight is 355 g/mol. The quantitative estimate of drug-likeness (QED) is 0.740. The molecule has 0 radical (unpaired) electrons. The normalized spacial score (nSPS) is 18.6. The van der Waals surface area contributed by atoms with E-state index < -0.39 is 10.0 Å². The Morgan fingerprint density at radius 3 is 2.50 bits per heavy atom. The Bertz CT molecular complexity index is 569. The monoisotopic (exact) mass is 354 g/mol. The van der Waals surface area contributed by atoms with Crippen LogP contribution in [0.15, 0.2) is 35.2 Å². The van der Waals surface area contributed by atoms with Crippen molar-refractivity contribution in [1.29, 1.82) is 0 Å². The van der Waals surface area contributed by atoms with Crippen molar-refractivity contribution in [3.05, 3.63) is 30.3 Å². The van der Waals surface area contributed by atoms with Crippen LogP contribution in [0.3, 0.4) is 0 Å². The molecule has 0 bridgehead atoms. The molecule has 0 saturated carbocycles. The molecule has 5 nitrogen and oxygen atoms in total. The Morgan fingerprint density at radius 1 is 1.25 bits per heavy atom. The number of benzene rings is 1. The summed E-state index contributed by atoms with van der Waals surface area (Å²) in [6, 6.07) is 9.12. The van der Waals surface area contributed by atoms with Crippen molar-refractivity contribution in [2.75, 3.05) is 33.4 Å². The molecule has 1 aromatic carbocycles. The fourth-order valence-corrected chi connectivity index (χ4v) is 4.67. The number of nitrogens with one attached hydrogen (secondary N) is 1. The second-order valence-corrected chi connectivity index (χ2v) is 8.40. The summed E-state index contributed by atoms with van der Waals surface area (Å²) in [4.78, 5) is 0.391. The van der Waals surface area contributed by atoms with Gasteiger partial charge in [0, 0.05) is 32.8 Å². The Labute approximate surface area is 146 Å². The van der Waals surface area contributed by atoms with Crippen molar-refractivity contribution >= 4 is 10.0 Å². The molecular weight excluding hydrogens is 324 g/mol. The van der Waals surface area contributed by atoms with Crippen LogP contribution in [0, 0.1) is 5.92 Å². The van der Waals surface area contributed by atoms with E-state index in [9.17, 15) is 8.42 Å². The molecule has 1 N–H and O–H groups in total. The first-order valence-electron chi connectivity index (χ1n) is 8.85. The number of methoxy groups -OCH3 is 1. The molecule has 1 aromatic rings. The SMILES string of the molecule is CC[C@@H](CCNC1CCN(S(=O)(=O)c2ccccc2)CC1)COC. The van der Waals surface area contributed by atoms with Gasteiger partial charge in [-0.1, -0.05) is 31.5 Å². The van der Waals surface area contributed by atoms with Crippen molar-refractivity contribution in [1.82, 2.24) is 9.62 Å². The van der Waals surface area contributed by atoms with E-state index in [0.29, 0.717) is 29.9 Å². The maximum absolute atomic E-state index is 12.6. The number of rotatable bonds is 9. The van der Waals surface area contributed by atoms with E-state index in [1.54, 1.807) is 35.7 Å². The Balaban J connectivity index is 1.77. The van der Waals surface area contributed by atoms with Gasteiger partial charge < -0.3 is 10.1 Å². The van der Waals surface area contributed by atoms with Crippen LogP contribution in [0.2, 0.25) is 0 Å². The molecule has 0 unspecified atom stereocenters. The van der Waals surface area contributed by atoms with Crippen LogP contribution < -0.4 is 5.32 Å². The molecule has 6 heteroatoms. The summed E-state index contributed by atoms with van der Waals surface area (Å²) < 4.78 is 32.0. The molecule has 24 heavy (non-hydrogen) atoms. The smallest absolute Gasteiger partial charge is 0.243 e. The van der Waals surface area contributed by atoms with Gasteiger partial charge >= 0.3 is 0 Å². The lowest BCUT2D eigenvalue weighted by Crippen LogP contribution is -2.45. The molecule has 0 aliphatic carbocycles. The van der Waals surface area contributed by atoms with Gasteiger partial charge in [0.15, 0.2) is 0 Å². The van der Waals surface area contributed by atoms with Crippen LogP contribution in [0.4, 0.5) is 0 Å². The number of hydrogen-bond acceptors (Lipinski definition) is 4. The van der Waals surface area contributed by atoms with E-state index in [4.69, 9.17) is 4.74 Å². The lowest BCUT2D eigenvalue weighted by atomic mass is 10.0. The molecule has 0 aromatic heterocycles. The second kappa shape index (κ2) is 9.51. The highest BCUT2D eigenvalue weighted by Crippen LogP contribution is 2.20. The van der Waals surface area contributed by atoms with Crippen molar-refractivity contribution in [2.24, 2.45) is 5.92 Å². The molecule has 0 spiro atoms. The molecule has 1 heterocycles. The lowest BCUT2D eigenvalue weighted by Gasteiger charge is -2.32. The molecular formula is C18H30N2O3S. The highest BCUT2D eigenvalue weighted by atomic mass is 32.2. The Kier molecular flexibility index (Phi) is 7.68. The molecule has 1 aliphatic heterocycles. The molecule has 1 saturated heterocycles. The minimum atomic E-state index is -3.34. The summed E-state index contributed by atoms with van der Waals surface area (Å²) in [5.74, 6) is 0.598. The van der Waals surface area contributed by atoms with Crippen LogP contribution >= 0.6 is 0 Å². The van der Waals surface area contributed by atoms with Crippen LogP contribution in [0.1, 0.15) is 32.6 Å². The van der Waals surface area contributed by atoms with Crippen molar-refractivity contribution in [3.8, 4) is 0 Å². The zero-order valence-electron chi connectivity index (χ0n) is 14.8. The van der Waals surface area contributed by atoms with Gasteiger partial charge in [0.2, 0.25) is 10.0 Å². The zero-order valence-corrected chi connectivity index (χ0v) is 15.6. The molecule has 2 rings (SSSR count). The first kappa shape index (κ1) is 19.4. The number of ether oxygens (including phenoxy) is 1. The molecule has 1 aliphatic rings. The summed E-state index contributed by atoms with van der Waals surface area (Å²) in [7, 11) is -1.59. The van der Waals surface area contributed by atoms with Crippen molar-refractivity contribution < 1.29 is 13.2 Å². The van der Waals surface area contributed by atoms with Crippen LogP contribution in [0.5, 0.6) is 0 Å². The molecule has 1 fully saturated rings. The largest absolute Gasteiger partial charge is 0.384 e. The second-order valence-electron chi connectivity index (χ2n) is 6.46. The number of piperidine rings is 1. The summed E-state index contributed by atoms with van der Waals surface area (Å²) in [5, 5.41) is 3.58. The first-order chi connectivity index (χ1) is 11.6. The summed E-state index contributed by atoms with van der Waals surface area (Å²) in [6.07, 6.45) is 3.97. The van der Waals surface area contributed by atoms with E-state index >= 15 is 0 Å². The van der Waals surface area contributed by atoms with E-state index in [1.807, 2.05) is 6.07 Å². The predicted molar refractivity (Wildman–Crippen MR) is 96.5 cm³/mol. The minimum Gasteiger partial charge on any atom is -0.384 e. The van der Waals surface area contributed by atoms with Gasteiger partial charge in [-0.2, -0.15) is 4.31 Å². The van der Waals surface area contributed by atoms with E-state index in [2.05, 4.69) is 12.2 Å². The zero-order chi connectivity index (χ0) is 17.4. The van der Waals surface area contributed by atoms with Crippen LogP contribution in [-0.2, 0) is 14.8 Å². The van der Waals surface area contributed by atoms with Gasteiger partial charge in [0.1, 0.15) is 0 Å². The summed E-state index contributed by atoms with van der Waals surface area (Å²) in [6.45, 7) is 5.15.